The van der Waals surface area contributed by atoms with Gasteiger partial charge in [-0.2, -0.15) is 13.2 Å². The number of benzene rings is 2. The van der Waals surface area contributed by atoms with Crippen molar-refractivity contribution in [2.45, 2.75) is 24.5 Å². The molecule has 2 aromatic rings. The summed E-state index contributed by atoms with van der Waals surface area (Å²) in [7, 11) is -3.97. The Kier molecular flexibility index (Phi) is 6.40. The number of carbonyl (C=O) groups excluding carboxylic acids is 1. The highest BCUT2D eigenvalue weighted by molar-refractivity contribution is 7.89. The number of hydrogen-bond donors (Lipinski definition) is 2. The van der Waals surface area contributed by atoms with E-state index < -0.39 is 57.0 Å². The van der Waals surface area contributed by atoms with Crippen LogP contribution in [0.15, 0.2) is 41.3 Å². The summed E-state index contributed by atoms with van der Waals surface area (Å²) in [6.07, 6.45) is -4.85. The van der Waals surface area contributed by atoms with E-state index in [1.165, 1.54) is 6.92 Å². The van der Waals surface area contributed by atoms with E-state index >= 15 is 0 Å². The first-order chi connectivity index (χ1) is 13.0. The average Bonchev–Trinajstić information content (AvgIpc) is 2.59. The number of nitrogens with one attached hydrogen (secondary N) is 2. The molecular weight excluding hydrogens is 407 g/mol. The lowest BCUT2D eigenvalue weighted by atomic mass is 10.1. The van der Waals surface area contributed by atoms with Crippen molar-refractivity contribution in [1.82, 2.24) is 10.0 Å². The molecule has 2 rings (SSSR count). The molecule has 0 aliphatic heterocycles. The van der Waals surface area contributed by atoms with Crippen LogP contribution in [0.5, 0.6) is 0 Å². The van der Waals surface area contributed by atoms with Crippen LogP contribution in [0.4, 0.5) is 22.0 Å². The van der Waals surface area contributed by atoms with Gasteiger partial charge in [-0.25, -0.2) is 21.9 Å². The Morgan fingerprint density at radius 3 is 2.36 bits per heavy atom. The van der Waals surface area contributed by atoms with Gasteiger partial charge in [-0.05, 0) is 35.9 Å². The van der Waals surface area contributed by atoms with Gasteiger partial charge in [-0.1, -0.05) is 13.0 Å². The molecule has 11 heteroatoms. The maximum absolute atomic E-state index is 13.9. The Morgan fingerprint density at radius 2 is 1.75 bits per heavy atom. The van der Waals surface area contributed by atoms with Gasteiger partial charge in [0.15, 0.2) is 0 Å². The Bertz CT molecular complexity index is 991. The zero-order chi connectivity index (χ0) is 21.1. The number of rotatable bonds is 6. The van der Waals surface area contributed by atoms with Crippen molar-refractivity contribution in [1.29, 1.82) is 0 Å². The standard InChI is InChI=1S/C17H15F5N2O3S/c1-2-24-28(26,27)12-5-6-15(19)13(8-12)16(25)23-9-10-3-4-11(18)7-14(10)17(20,21)22/h3-8,24H,2,9H2,1H3,(H,23,25). The zero-order valence-electron chi connectivity index (χ0n) is 14.4. The third-order valence-corrected chi connectivity index (χ3v) is 5.19. The van der Waals surface area contributed by atoms with Crippen LogP contribution >= 0.6 is 0 Å². The van der Waals surface area contributed by atoms with Crippen LogP contribution in [0.25, 0.3) is 0 Å². The number of amides is 1. The monoisotopic (exact) mass is 422 g/mol. The molecule has 0 saturated heterocycles. The summed E-state index contributed by atoms with van der Waals surface area (Å²) in [6.45, 7) is 0.916. The van der Waals surface area contributed by atoms with Crippen LogP contribution in [0.3, 0.4) is 0 Å². The van der Waals surface area contributed by atoms with Crippen LogP contribution in [0.1, 0.15) is 28.4 Å². The summed E-state index contributed by atoms with van der Waals surface area (Å²) in [5.41, 5.74) is -2.37. The van der Waals surface area contributed by atoms with Gasteiger partial charge in [0, 0.05) is 13.1 Å². The fraction of sp³-hybridized carbons (Fsp3) is 0.235. The van der Waals surface area contributed by atoms with Crippen LogP contribution in [-0.4, -0.2) is 20.9 Å². The van der Waals surface area contributed by atoms with Crippen LogP contribution in [0.2, 0.25) is 0 Å². The Labute approximate surface area is 157 Å². The van der Waals surface area contributed by atoms with E-state index in [0.29, 0.717) is 0 Å². The molecule has 0 fully saturated rings. The van der Waals surface area contributed by atoms with E-state index in [1.807, 2.05) is 0 Å². The van der Waals surface area contributed by atoms with E-state index in [-0.39, 0.29) is 17.5 Å². The number of alkyl halides is 3. The molecule has 0 bridgehead atoms. The van der Waals surface area contributed by atoms with Gasteiger partial charge >= 0.3 is 6.18 Å². The summed E-state index contributed by atoms with van der Waals surface area (Å²) >= 11 is 0. The molecule has 0 saturated carbocycles. The number of hydrogen-bond acceptors (Lipinski definition) is 3. The zero-order valence-corrected chi connectivity index (χ0v) is 15.2. The highest BCUT2D eigenvalue weighted by Crippen LogP contribution is 2.32. The molecule has 0 aliphatic rings. The van der Waals surface area contributed by atoms with E-state index in [1.54, 1.807) is 0 Å². The minimum atomic E-state index is -4.85. The third kappa shape index (κ3) is 5.04. The molecule has 5 nitrogen and oxygen atoms in total. The second-order valence-electron chi connectivity index (χ2n) is 5.62. The molecule has 0 radical (unpaired) electrons. The summed E-state index contributed by atoms with van der Waals surface area (Å²) in [4.78, 5) is 11.8. The van der Waals surface area contributed by atoms with E-state index in [2.05, 4.69) is 10.0 Å². The van der Waals surface area contributed by atoms with Gasteiger partial charge in [-0.3, -0.25) is 4.79 Å². The molecular formula is C17H15F5N2O3S. The molecule has 152 valence electrons. The SMILES string of the molecule is CCNS(=O)(=O)c1ccc(F)c(C(=O)NCc2ccc(F)cc2C(F)(F)F)c1. The normalized spacial score (nSPS) is 12.1. The first-order valence-corrected chi connectivity index (χ1v) is 9.37. The first-order valence-electron chi connectivity index (χ1n) is 7.88. The molecule has 0 aliphatic carbocycles. The van der Waals surface area contributed by atoms with Crippen LogP contribution in [0, 0.1) is 11.6 Å². The maximum Gasteiger partial charge on any atom is 0.416 e. The first kappa shape index (κ1) is 21.8. The van der Waals surface area contributed by atoms with Gasteiger partial charge in [0.1, 0.15) is 11.6 Å². The largest absolute Gasteiger partial charge is 0.416 e. The van der Waals surface area contributed by atoms with Crippen molar-refractivity contribution in [3.05, 3.63) is 64.7 Å². The molecule has 28 heavy (non-hydrogen) atoms. The van der Waals surface area contributed by atoms with Crippen molar-refractivity contribution in [2.24, 2.45) is 0 Å². The minimum Gasteiger partial charge on any atom is -0.348 e. The fourth-order valence-corrected chi connectivity index (χ4v) is 3.42. The molecule has 0 unspecified atom stereocenters. The lowest BCUT2D eigenvalue weighted by molar-refractivity contribution is -0.138. The van der Waals surface area contributed by atoms with Gasteiger partial charge in [-0.15, -0.1) is 0 Å². The molecule has 1 amide bonds. The summed E-state index contributed by atoms with van der Waals surface area (Å²) < 4.78 is 92.1. The molecule has 0 heterocycles. The Morgan fingerprint density at radius 1 is 1.07 bits per heavy atom. The second kappa shape index (κ2) is 8.23. The van der Waals surface area contributed by atoms with Gasteiger partial charge < -0.3 is 5.32 Å². The predicted molar refractivity (Wildman–Crippen MR) is 89.8 cm³/mol. The van der Waals surface area contributed by atoms with Crippen LogP contribution in [-0.2, 0) is 22.7 Å². The quantitative estimate of drug-likeness (QED) is 0.702. The minimum absolute atomic E-state index is 0.0615. The van der Waals surface area contributed by atoms with Gasteiger partial charge in [0.05, 0.1) is 16.0 Å². The van der Waals surface area contributed by atoms with Crippen molar-refractivity contribution in [3.8, 4) is 0 Å². The summed E-state index contributed by atoms with van der Waals surface area (Å²) in [6, 6.07) is 4.41. The number of halogens is 5. The van der Waals surface area contributed by atoms with Gasteiger partial charge in [0.2, 0.25) is 10.0 Å². The van der Waals surface area contributed by atoms with E-state index in [0.717, 1.165) is 30.3 Å². The highest BCUT2D eigenvalue weighted by atomic mass is 32.2. The molecule has 0 aromatic heterocycles. The summed E-state index contributed by atoms with van der Waals surface area (Å²) in [5, 5.41) is 2.08. The average molecular weight is 422 g/mol. The fourth-order valence-electron chi connectivity index (χ4n) is 2.36. The topological polar surface area (TPSA) is 75.3 Å². The summed E-state index contributed by atoms with van der Waals surface area (Å²) in [5.74, 6) is -3.28. The number of carbonyl (C=O) groups is 1. The lowest BCUT2D eigenvalue weighted by Gasteiger charge is -2.14. The Hall–Kier alpha value is -2.53. The predicted octanol–water partition coefficient (Wildman–Crippen LogP) is 3.21. The van der Waals surface area contributed by atoms with Crippen molar-refractivity contribution in [2.75, 3.05) is 6.54 Å². The maximum atomic E-state index is 13.9. The second-order valence-corrected chi connectivity index (χ2v) is 7.39. The Balaban J connectivity index is 2.28. The van der Waals surface area contributed by atoms with E-state index in [9.17, 15) is 35.2 Å². The number of sulfonamides is 1. The third-order valence-electron chi connectivity index (χ3n) is 3.64. The van der Waals surface area contributed by atoms with Crippen molar-refractivity contribution in [3.63, 3.8) is 0 Å². The lowest BCUT2D eigenvalue weighted by Crippen LogP contribution is -2.27. The molecule has 2 aromatic carbocycles. The highest BCUT2D eigenvalue weighted by Gasteiger charge is 2.33. The van der Waals surface area contributed by atoms with E-state index in [4.69, 9.17) is 0 Å². The van der Waals surface area contributed by atoms with Gasteiger partial charge in [0.25, 0.3) is 5.91 Å². The van der Waals surface area contributed by atoms with Crippen molar-refractivity contribution < 1.29 is 35.2 Å². The smallest absolute Gasteiger partial charge is 0.348 e. The van der Waals surface area contributed by atoms with Crippen LogP contribution < -0.4 is 10.0 Å². The molecule has 0 atom stereocenters. The van der Waals surface area contributed by atoms with Crippen molar-refractivity contribution >= 4 is 15.9 Å². The molecule has 2 N–H and O–H groups in total. The molecule has 0 spiro atoms.